The van der Waals surface area contributed by atoms with E-state index >= 15 is 0 Å². The molecule has 1 fully saturated rings. The van der Waals surface area contributed by atoms with E-state index in [0.717, 1.165) is 12.1 Å². The van der Waals surface area contributed by atoms with Gasteiger partial charge in [0.25, 0.3) is 0 Å². The molecule has 0 spiro atoms. The smallest absolute Gasteiger partial charge is 0.416 e. The minimum Gasteiger partial charge on any atom is -0.758 e. The van der Waals surface area contributed by atoms with E-state index in [1.54, 1.807) is 4.90 Å². The number of ether oxygens (including phenoxy) is 1. The van der Waals surface area contributed by atoms with Gasteiger partial charge in [0.15, 0.2) is 12.1 Å². The van der Waals surface area contributed by atoms with Gasteiger partial charge in [-0.25, -0.2) is 4.39 Å². The van der Waals surface area contributed by atoms with Crippen molar-refractivity contribution < 1.29 is 40.3 Å². The largest absolute Gasteiger partial charge is 0.758 e. The summed E-state index contributed by atoms with van der Waals surface area (Å²) in [6, 6.07) is 4.92. The molecule has 8 nitrogen and oxygen atoms in total. The summed E-state index contributed by atoms with van der Waals surface area (Å²) >= 11 is 0. The lowest BCUT2D eigenvalue weighted by molar-refractivity contribution is -0.143. The maximum Gasteiger partial charge on any atom is 0.416 e. The van der Waals surface area contributed by atoms with Gasteiger partial charge in [-0.05, 0) is 54.0 Å². The van der Waals surface area contributed by atoms with Crippen molar-refractivity contribution in [3.05, 3.63) is 93.3 Å². The van der Waals surface area contributed by atoms with E-state index in [-0.39, 0.29) is 53.5 Å². The van der Waals surface area contributed by atoms with Crippen molar-refractivity contribution in [2.45, 2.75) is 38.0 Å². The molecule has 2 aromatic rings. The summed E-state index contributed by atoms with van der Waals surface area (Å²) < 4.78 is 102. The van der Waals surface area contributed by atoms with Gasteiger partial charge in [0.2, 0.25) is 5.91 Å². The number of alkyl halides is 6. The van der Waals surface area contributed by atoms with E-state index in [2.05, 4.69) is 10.6 Å². The number of hydroxylamine groups is 2. The third kappa shape index (κ3) is 6.94. The fourth-order valence-electron chi connectivity index (χ4n) is 5.47. The number of carbonyl (C=O) groups is 1. The van der Waals surface area contributed by atoms with Crippen molar-refractivity contribution in [1.29, 1.82) is 0 Å². The molecule has 0 aliphatic carbocycles. The average molecular weight is 629 g/mol. The second-order valence-corrected chi connectivity index (χ2v) is 10.7. The Bertz CT molecular complexity index is 1400. The highest BCUT2D eigenvalue weighted by atomic mass is 19.4. The van der Waals surface area contributed by atoms with Crippen LogP contribution in [0, 0.1) is 11.0 Å². The molecule has 0 radical (unpaired) electrons. The quantitative estimate of drug-likeness (QED) is 0.483. The summed E-state index contributed by atoms with van der Waals surface area (Å²) in [5.74, 6) is -0.490. The highest BCUT2D eigenvalue weighted by molar-refractivity contribution is 5.73. The Morgan fingerprint density at radius 2 is 1.59 bits per heavy atom. The van der Waals surface area contributed by atoms with Crippen LogP contribution in [0.5, 0.6) is 0 Å². The molecule has 0 saturated carbocycles. The van der Waals surface area contributed by atoms with Crippen molar-refractivity contribution >= 4 is 11.6 Å². The van der Waals surface area contributed by atoms with Gasteiger partial charge >= 0.3 is 12.4 Å². The number of hydrogen-bond donors (Lipinski definition) is 2. The second kappa shape index (κ2) is 12.3. The van der Waals surface area contributed by atoms with E-state index in [4.69, 9.17) is 4.74 Å². The highest BCUT2D eigenvalue weighted by Gasteiger charge is 2.38. The van der Waals surface area contributed by atoms with Crippen LogP contribution >= 0.6 is 0 Å². The third-order valence-electron chi connectivity index (χ3n) is 7.78. The molecule has 44 heavy (non-hydrogen) atoms. The first kappa shape index (κ1) is 31.6. The molecule has 0 aromatic heterocycles. The van der Waals surface area contributed by atoms with Crippen LogP contribution in [-0.2, 0) is 28.3 Å². The van der Waals surface area contributed by atoms with Crippen LogP contribution in [-0.4, -0.2) is 72.4 Å². The van der Waals surface area contributed by atoms with Crippen molar-refractivity contribution in [1.82, 2.24) is 25.5 Å². The summed E-state index contributed by atoms with van der Waals surface area (Å²) in [5, 5.41) is 20.8. The summed E-state index contributed by atoms with van der Waals surface area (Å²) in [4.78, 5) is 15.4. The van der Waals surface area contributed by atoms with Crippen LogP contribution in [0.25, 0.3) is 5.70 Å². The van der Waals surface area contributed by atoms with Gasteiger partial charge in [-0.3, -0.25) is 15.0 Å². The van der Waals surface area contributed by atoms with Crippen molar-refractivity contribution in [2.75, 3.05) is 39.4 Å². The van der Waals surface area contributed by atoms with Gasteiger partial charge in [0.05, 0.1) is 17.8 Å². The lowest BCUT2D eigenvalue weighted by atomic mass is 9.93. The lowest BCUT2D eigenvalue weighted by Gasteiger charge is -2.47. The van der Waals surface area contributed by atoms with Crippen LogP contribution in [0.2, 0.25) is 0 Å². The topological polar surface area (TPSA) is 83.1 Å². The van der Waals surface area contributed by atoms with Gasteiger partial charge in [-0.2, -0.15) is 26.3 Å². The van der Waals surface area contributed by atoms with Crippen LogP contribution < -0.4 is 10.6 Å². The van der Waals surface area contributed by atoms with E-state index in [1.807, 2.05) is 4.90 Å². The van der Waals surface area contributed by atoms with Gasteiger partial charge in [0, 0.05) is 57.0 Å². The Morgan fingerprint density at radius 1 is 0.977 bits per heavy atom. The number of rotatable bonds is 4. The fraction of sp³-hybridized carbons (Fsp3) is 0.414. The van der Waals surface area contributed by atoms with E-state index in [1.165, 1.54) is 25.1 Å². The average Bonchev–Trinajstić information content (AvgIpc) is 2.97. The molecule has 1 saturated heterocycles. The predicted molar refractivity (Wildman–Crippen MR) is 145 cm³/mol. The van der Waals surface area contributed by atoms with Crippen LogP contribution in [0.3, 0.4) is 0 Å². The zero-order valence-electron chi connectivity index (χ0n) is 23.4. The number of carbonyl (C=O) groups excluding carboxylic acids is 1. The van der Waals surface area contributed by atoms with E-state index < -0.39 is 48.0 Å². The highest BCUT2D eigenvalue weighted by Crippen LogP contribution is 2.38. The fourth-order valence-corrected chi connectivity index (χ4v) is 5.47. The van der Waals surface area contributed by atoms with Crippen LogP contribution in [0.1, 0.15) is 29.2 Å². The molecule has 2 aromatic carbocycles. The molecule has 1 amide bonds. The number of amides is 1. The molecule has 3 aliphatic rings. The van der Waals surface area contributed by atoms with Gasteiger partial charge in [-0.15, -0.1) is 0 Å². The van der Waals surface area contributed by atoms with Gasteiger partial charge < -0.3 is 25.2 Å². The molecule has 2 N–H and O–H groups in total. The molecule has 3 heterocycles. The lowest BCUT2D eigenvalue weighted by Crippen LogP contribution is -2.54. The predicted octanol–water partition coefficient (Wildman–Crippen LogP) is 4.50. The first-order valence-electron chi connectivity index (χ1n) is 13.8. The summed E-state index contributed by atoms with van der Waals surface area (Å²) in [6.45, 7) is 3.33. The molecule has 0 bridgehead atoms. The first-order valence-corrected chi connectivity index (χ1v) is 13.8. The SMILES string of the molecule is CC(=O)N1CCN(C2/C=C(/c3ccc(F)cc3)N([O-])C(Cc3cc(C(F)(F)F)cc(C(F)(F)F)c3)C3=C(NCNC3)O2)CC1. The number of piperazine rings is 1. The maximum absolute atomic E-state index is 14.3. The maximum atomic E-state index is 14.3. The summed E-state index contributed by atoms with van der Waals surface area (Å²) in [7, 11) is 0. The Hall–Kier alpha value is -3.82. The van der Waals surface area contributed by atoms with Crippen LogP contribution in [0.15, 0.2) is 60.0 Å². The monoisotopic (exact) mass is 628 g/mol. The molecule has 2 atom stereocenters. The van der Waals surface area contributed by atoms with Crippen molar-refractivity contribution in [3.8, 4) is 0 Å². The minimum absolute atomic E-state index is 0.00542. The zero-order chi connectivity index (χ0) is 31.8. The van der Waals surface area contributed by atoms with Gasteiger partial charge in [0.1, 0.15) is 5.82 Å². The molecular weight excluding hydrogens is 599 g/mol. The zero-order valence-corrected chi connectivity index (χ0v) is 23.4. The van der Waals surface area contributed by atoms with Gasteiger partial charge in [-0.1, -0.05) is 12.1 Å². The normalized spacial score (nSPS) is 23.2. The molecular formula is C29H29F7N5O3-. The minimum atomic E-state index is -5.06. The summed E-state index contributed by atoms with van der Waals surface area (Å²) in [5.41, 5.74) is -2.79. The second-order valence-electron chi connectivity index (χ2n) is 10.7. The van der Waals surface area contributed by atoms with E-state index in [9.17, 15) is 40.7 Å². The number of nitrogens with zero attached hydrogens (tertiary/aromatic N) is 3. The first-order chi connectivity index (χ1) is 20.7. The van der Waals surface area contributed by atoms with Crippen molar-refractivity contribution in [2.24, 2.45) is 0 Å². The number of benzene rings is 2. The standard InChI is InChI=1S/C29H29F7N5O3/c1-17(42)39-6-8-40(9-7-39)26-14-24(19-2-4-22(30)5-3-19)41(43)25(23-15-37-16-38-27(23)44-26)12-18-10-20(28(31,32)33)13-21(11-18)29(34,35)36/h2-5,10-11,13-14,25-26,37-38H,6-9,12,15-16H2,1H3/q-1/b24-14-. The molecule has 3 aliphatic heterocycles. The number of hydrogen-bond acceptors (Lipinski definition) is 7. The Balaban J connectivity index is 1.59. The Morgan fingerprint density at radius 3 is 2.16 bits per heavy atom. The van der Waals surface area contributed by atoms with Crippen LogP contribution in [0.4, 0.5) is 30.7 Å². The van der Waals surface area contributed by atoms with Crippen molar-refractivity contribution in [3.63, 3.8) is 0 Å². The number of halogens is 7. The number of nitrogens with one attached hydrogen (secondary N) is 2. The third-order valence-corrected chi connectivity index (χ3v) is 7.78. The molecule has 15 heteroatoms. The van der Waals surface area contributed by atoms with E-state index in [0.29, 0.717) is 43.4 Å². The molecule has 5 rings (SSSR count). The molecule has 2 unspecified atom stereocenters. The Kier molecular flexibility index (Phi) is 8.82. The molecule has 238 valence electrons. The summed E-state index contributed by atoms with van der Waals surface area (Å²) in [6.07, 6.45) is -9.99. The Labute approximate surface area is 248 Å².